The SMILES string of the molecule is CCC1CC(C)C2C3CC(C12)C1C3C2C3CC(C4C5CCC(C5)C34)C12. The summed E-state index contributed by atoms with van der Waals surface area (Å²) in [6, 6.07) is 0. The topological polar surface area (TPSA) is 0 Å². The lowest BCUT2D eigenvalue weighted by atomic mass is 9.42. The first-order chi connectivity index (χ1) is 12.3. The van der Waals surface area contributed by atoms with Crippen LogP contribution >= 0.6 is 0 Å². The molecule has 0 aromatic rings. The summed E-state index contributed by atoms with van der Waals surface area (Å²) < 4.78 is 0. The van der Waals surface area contributed by atoms with Gasteiger partial charge in [0, 0.05) is 0 Å². The van der Waals surface area contributed by atoms with Crippen molar-refractivity contribution in [3.8, 4) is 0 Å². The Kier molecular flexibility index (Phi) is 2.36. The van der Waals surface area contributed by atoms with Gasteiger partial charge in [0.15, 0.2) is 0 Å². The summed E-state index contributed by atoms with van der Waals surface area (Å²) in [4.78, 5) is 0. The smallest absolute Gasteiger partial charge is 0.0315 e. The standard InChI is InChI=1S/C25H36/c1-3-11-6-10(2)18-14-8-15(19(11)18)23-22(14)24-16-9-17(25(23)24)21-13-5-4-12(7-13)20(16)21/h10-25H,3-9H2,1-2H3. The van der Waals surface area contributed by atoms with E-state index in [-0.39, 0.29) is 0 Å². The number of hydrogen-bond acceptors (Lipinski definition) is 0. The molecule has 0 aliphatic heterocycles. The Morgan fingerprint density at radius 2 is 1.08 bits per heavy atom. The molecule has 8 fully saturated rings. The fourth-order valence-electron chi connectivity index (χ4n) is 13.0. The molecule has 8 aliphatic carbocycles. The van der Waals surface area contributed by atoms with Crippen molar-refractivity contribution in [2.75, 3.05) is 0 Å². The molecule has 0 N–H and O–H groups in total. The molecule has 0 heteroatoms. The summed E-state index contributed by atoms with van der Waals surface area (Å²) in [5.41, 5.74) is 0. The molecular weight excluding hydrogens is 300 g/mol. The molecule has 0 saturated heterocycles. The van der Waals surface area contributed by atoms with Crippen molar-refractivity contribution in [2.45, 2.75) is 58.8 Å². The highest BCUT2D eigenvalue weighted by Crippen LogP contribution is 2.84. The molecule has 136 valence electrons. The van der Waals surface area contributed by atoms with Crippen molar-refractivity contribution < 1.29 is 0 Å². The predicted octanol–water partition coefficient (Wildman–Crippen LogP) is 5.72. The van der Waals surface area contributed by atoms with Crippen molar-refractivity contribution in [3.63, 3.8) is 0 Å². The Labute approximate surface area is 153 Å². The summed E-state index contributed by atoms with van der Waals surface area (Å²) in [5.74, 6) is 19.3. The molecule has 0 radical (unpaired) electrons. The first kappa shape index (κ1) is 14.1. The maximum atomic E-state index is 2.64. The fraction of sp³-hybridized carbons (Fsp3) is 1.00. The summed E-state index contributed by atoms with van der Waals surface area (Å²) >= 11 is 0. The minimum absolute atomic E-state index is 1.07. The molecular formula is C25H36. The van der Waals surface area contributed by atoms with E-state index < -0.39 is 0 Å². The van der Waals surface area contributed by atoms with E-state index >= 15 is 0 Å². The van der Waals surface area contributed by atoms with Crippen LogP contribution in [0.3, 0.4) is 0 Å². The minimum atomic E-state index is 1.07. The molecule has 6 bridgehead atoms. The highest BCUT2D eigenvalue weighted by atomic mass is 14.8. The first-order valence-electron chi connectivity index (χ1n) is 12.3. The highest BCUT2D eigenvalue weighted by Gasteiger charge is 2.79. The van der Waals surface area contributed by atoms with E-state index in [0.717, 1.165) is 11.8 Å². The quantitative estimate of drug-likeness (QED) is 0.537. The number of fused-ring (bicyclic) bond motifs is 22. The van der Waals surface area contributed by atoms with Gasteiger partial charge < -0.3 is 0 Å². The molecule has 0 spiro atoms. The largest absolute Gasteiger partial charge is 0.0651 e. The van der Waals surface area contributed by atoms with Gasteiger partial charge in [-0.1, -0.05) is 20.3 Å². The van der Waals surface area contributed by atoms with Gasteiger partial charge in [-0.2, -0.15) is 0 Å². The van der Waals surface area contributed by atoms with Crippen LogP contribution in [0.25, 0.3) is 0 Å². The summed E-state index contributed by atoms with van der Waals surface area (Å²) in [6.07, 6.45) is 11.4. The molecule has 16 atom stereocenters. The van der Waals surface area contributed by atoms with Crippen LogP contribution < -0.4 is 0 Å². The second-order valence-electron chi connectivity index (χ2n) is 12.5. The van der Waals surface area contributed by atoms with Gasteiger partial charge in [0.2, 0.25) is 0 Å². The summed E-state index contributed by atoms with van der Waals surface area (Å²) in [6.45, 7) is 5.15. The molecule has 0 nitrogen and oxygen atoms in total. The van der Waals surface area contributed by atoms with Crippen molar-refractivity contribution >= 4 is 0 Å². The maximum Gasteiger partial charge on any atom is -0.0315 e. The van der Waals surface area contributed by atoms with Crippen LogP contribution in [-0.2, 0) is 0 Å². The third-order valence-corrected chi connectivity index (χ3v) is 12.7. The molecule has 8 aliphatic rings. The summed E-state index contributed by atoms with van der Waals surface area (Å²) in [7, 11) is 0. The lowest BCUT2D eigenvalue weighted by molar-refractivity contribution is -0.157. The Bertz CT molecular complexity index is 630. The van der Waals surface area contributed by atoms with Crippen molar-refractivity contribution in [2.24, 2.45) is 94.7 Å². The van der Waals surface area contributed by atoms with Gasteiger partial charge in [-0.3, -0.25) is 0 Å². The second kappa shape index (κ2) is 4.20. The third-order valence-electron chi connectivity index (χ3n) is 12.7. The van der Waals surface area contributed by atoms with Crippen molar-refractivity contribution in [1.29, 1.82) is 0 Å². The van der Waals surface area contributed by atoms with Crippen LogP contribution in [0.4, 0.5) is 0 Å². The lowest BCUT2D eigenvalue weighted by Crippen LogP contribution is -2.59. The molecule has 8 rings (SSSR count). The second-order valence-corrected chi connectivity index (χ2v) is 12.5. The van der Waals surface area contributed by atoms with Gasteiger partial charge in [-0.05, 0) is 133 Å². The Morgan fingerprint density at radius 3 is 1.64 bits per heavy atom. The van der Waals surface area contributed by atoms with Gasteiger partial charge in [-0.25, -0.2) is 0 Å². The molecule has 0 aromatic carbocycles. The van der Waals surface area contributed by atoms with Crippen molar-refractivity contribution in [3.05, 3.63) is 0 Å². The van der Waals surface area contributed by atoms with Gasteiger partial charge >= 0.3 is 0 Å². The van der Waals surface area contributed by atoms with Crippen LogP contribution in [0.1, 0.15) is 58.8 Å². The van der Waals surface area contributed by atoms with E-state index in [1.165, 1.54) is 89.3 Å². The minimum Gasteiger partial charge on any atom is -0.0651 e. The molecule has 8 saturated carbocycles. The molecule has 0 aromatic heterocycles. The molecule has 0 heterocycles. The monoisotopic (exact) mass is 336 g/mol. The average molecular weight is 337 g/mol. The first-order valence-corrected chi connectivity index (χ1v) is 12.3. The van der Waals surface area contributed by atoms with Gasteiger partial charge in [0.1, 0.15) is 0 Å². The maximum absolute atomic E-state index is 2.64. The van der Waals surface area contributed by atoms with Crippen LogP contribution in [-0.4, -0.2) is 0 Å². The number of rotatable bonds is 1. The van der Waals surface area contributed by atoms with E-state index in [1.54, 1.807) is 38.5 Å². The van der Waals surface area contributed by atoms with Crippen molar-refractivity contribution in [1.82, 2.24) is 0 Å². The zero-order chi connectivity index (χ0) is 16.2. The van der Waals surface area contributed by atoms with E-state index in [1.807, 2.05) is 0 Å². The average Bonchev–Trinajstić information content (AvgIpc) is 3.36. The Balaban J connectivity index is 1.18. The van der Waals surface area contributed by atoms with Gasteiger partial charge in [0.25, 0.3) is 0 Å². The molecule has 25 heavy (non-hydrogen) atoms. The third kappa shape index (κ3) is 1.29. The number of hydrogen-bond donors (Lipinski definition) is 0. The van der Waals surface area contributed by atoms with Gasteiger partial charge in [-0.15, -0.1) is 0 Å². The highest BCUT2D eigenvalue weighted by molar-refractivity contribution is 5.26. The van der Waals surface area contributed by atoms with E-state index in [0.29, 0.717) is 0 Å². The Hall–Kier alpha value is 0. The molecule has 0 amide bonds. The zero-order valence-electron chi connectivity index (χ0n) is 16.2. The van der Waals surface area contributed by atoms with Crippen LogP contribution in [0, 0.1) is 94.7 Å². The Morgan fingerprint density at radius 1 is 0.560 bits per heavy atom. The lowest BCUT2D eigenvalue weighted by Gasteiger charge is -2.62. The predicted molar refractivity (Wildman–Crippen MR) is 99.5 cm³/mol. The van der Waals surface area contributed by atoms with E-state index in [2.05, 4.69) is 13.8 Å². The van der Waals surface area contributed by atoms with E-state index in [9.17, 15) is 0 Å². The van der Waals surface area contributed by atoms with Gasteiger partial charge in [0.05, 0.1) is 0 Å². The summed E-state index contributed by atoms with van der Waals surface area (Å²) in [5, 5.41) is 0. The fourth-order valence-corrected chi connectivity index (χ4v) is 13.0. The van der Waals surface area contributed by atoms with Crippen LogP contribution in [0.2, 0.25) is 0 Å². The zero-order valence-corrected chi connectivity index (χ0v) is 16.2. The molecule has 16 unspecified atom stereocenters. The normalized spacial score (nSPS) is 75.6. The van der Waals surface area contributed by atoms with E-state index in [4.69, 9.17) is 0 Å². The van der Waals surface area contributed by atoms with Crippen LogP contribution in [0.15, 0.2) is 0 Å². The van der Waals surface area contributed by atoms with Crippen LogP contribution in [0.5, 0.6) is 0 Å².